The average molecular weight is 411 g/mol. The molecule has 2 atom stereocenters. The first kappa shape index (κ1) is 19.6. The highest BCUT2D eigenvalue weighted by Crippen LogP contribution is 2.54. The number of ketones is 1. The van der Waals surface area contributed by atoms with Crippen molar-refractivity contribution < 1.29 is 15.0 Å². The van der Waals surface area contributed by atoms with Gasteiger partial charge in [0.1, 0.15) is 17.3 Å². The number of hydrogen-bond acceptors (Lipinski definition) is 3. The Morgan fingerprint density at radius 1 is 0.806 bits per heavy atom. The molecule has 6 rings (SSSR count). The fourth-order valence-electron chi connectivity index (χ4n) is 5.45. The Bertz CT molecular complexity index is 1310. The largest absolute Gasteiger partial charge is 0.508 e. The molecule has 1 unspecified atom stereocenters. The Labute approximate surface area is 182 Å². The molecule has 0 aliphatic heterocycles. The number of phenols is 2. The van der Waals surface area contributed by atoms with Gasteiger partial charge >= 0.3 is 0 Å². The van der Waals surface area contributed by atoms with Gasteiger partial charge in [-0.05, 0) is 82.1 Å². The predicted octanol–water partition coefficient (Wildman–Crippen LogP) is 6.49. The lowest BCUT2D eigenvalue weighted by atomic mass is 9.66. The molecular formula is C28H26O3. The van der Waals surface area contributed by atoms with E-state index >= 15 is 0 Å². The van der Waals surface area contributed by atoms with E-state index in [0.717, 1.165) is 41.8 Å². The normalized spacial score (nSPS) is 22.0. The van der Waals surface area contributed by atoms with Crippen LogP contribution in [0.15, 0.2) is 72.8 Å². The van der Waals surface area contributed by atoms with Gasteiger partial charge in [0.15, 0.2) is 0 Å². The van der Waals surface area contributed by atoms with Crippen molar-refractivity contribution >= 4 is 27.3 Å². The van der Waals surface area contributed by atoms with Gasteiger partial charge in [-0.3, -0.25) is 4.79 Å². The molecule has 0 bridgehead atoms. The van der Waals surface area contributed by atoms with E-state index in [2.05, 4.69) is 19.1 Å². The van der Waals surface area contributed by atoms with E-state index < -0.39 is 0 Å². The standard InChI is InChI=1S/C18H18O2.C10H8O/c1-18-9-8-14-13-5-3-12(19)10-11(13)2-4-15(14)16(18)6-7-17(18)20;11-10-6-5-8-3-1-2-4-9(8)7-10/h2-5,10,16,19H,6-9H2,1H3;1-7,11H/t16?,18-;/m0./s1. The average Bonchev–Trinajstić information content (AvgIpc) is 3.08. The topological polar surface area (TPSA) is 57.5 Å². The van der Waals surface area contributed by atoms with Gasteiger partial charge in [-0.1, -0.05) is 55.5 Å². The third-order valence-corrected chi connectivity index (χ3v) is 7.22. The highest BCUT2D eigenvalue weighted by Gasteiger charge is 2.49. The minimum Gasteiger partial charge on any atom is -0.508 e. The second-order valence-corrected chi connectivity index (χ2v) is 9.00. The molecule has 2 aliphatic rings. The number of carbonyl (C=O) groups excluding carboxylic acids is 1. The first-order valence-electron chi connectivity index (χ1n) is 10.9. The number of fused-ring (bicyclic) bond motifs is 6. The van der Waals surface area contributed by atoms with Crippen LogP contribution in [0.4, 0.5) is 0 Å². The molecule has 156 valence electrons. The van der Waals surface area contributed by atoms with Crippen LogP contribution in [0.2, 0.25) is 0 Å². The van der Waals surface area contributed by atoms with Crippen molar-refractivity contribution in [3.8, 4) is 11.5 Å². The monoisotopic (exact) mass is 410 g/mol. The lowest BCUT2D eigenvalue weighted by Crippen LogP contribution is -2.32. The molecule has 3 nitrogen and oxygen atoms in total. The zero-order valence-corrected chi connectivity index (χ0v) is 17.6. The molecule has 1 fully saturated rings. The SMILES string of the molecule is C[C@]12CCc3c(ccc4cc(O)ccc34)C1CCC2=O.Oc1ccc2ccccc2c1. The van der Waals surface area contributed by atoms with Crippen LogP contribution >= 0.6 is 0 Å². The molecule has 0 amide bonds. The third-order valence-electron chi connectivity index (χ3n) is 7.22. The zero-order valence-electron chi connectivity index (χ0n) is 17.6. The number of hydrogen-bond donors (Lipinski definition) is 2. The van der Waals surface area contributed by atoms with Gasteiger partial charge < -0.3 is 10.2 Å². The van der Waals surface area contributed by atoms with E-state index in [1.807, 2.05) is 42.5 Å². The van der Waals surface area contributed by atoms with E-state index in [0.29, 0.717) is 23.2 Å². The number of phenolic OH excluding ortho intramolecular Hbond substituents is 2. The summed E-state index contributed by atoms with van der Waals surface area (Å²) in [4.78, 5) is 12.2. The Hall–Kier alpha value is -3.33. The van der Waals surface area contributed by atoms with Crippen LogP contribution in [-0.4, -0.2) is 16.0 Å². The molecule has 4 aromatic rings. The second-order valence-electron chi connectivity index (χ2n) is 9.00. The minimum absolute atomic E-state index is 0.141. The van der Waals surface area contributed by atoms with Crippen LogP contribution in [0.1, 0.15) is 43.2 Å². The van der Waals surface area contributed by atoms with E-state index in [4.69, 9.17) is 5.11 Å². The fourth-order valence-corrected chi connectivity index (χ4v) is 5.45. The van der Waals surface area contributed by atoms with Crippen molar-refractivity contribution in [2.45, 2.75) is 38.5 Å². The van der Waals surface area contributed by atoms with Crippen molar-refractivity contribution in [3.05, 3.63) is 83.9 Å². The van der Waals surface area contributed by atoms with E-state index in [1.54, 1.807) is 18.2 Å². The summed E-state index contributed by atoms with van der Waals surface area (Å²) in [6.07, 6.45) is 3.65. The van der Waals surface area contributed by atoms with E-state index in [1.165, 1.54) is 16.5 Å². The van der Waals surface area contributed by atoms with Crippen molar-refractivity contribution in [3.63, 3.8) is 0 Å². The first-order chi connectivity index (χ1) is 15.0. The van der Waals surface area contributed by atoms with Gasteiger partial charge in [-0.15, -0.1) is 0 Å². The van der Waals surface area contributed by atoms with E-state index in [9.17, 15) is 9.90 Å². The number of aromatic hydroxyl groups is 2. The van der Waals surface area contributed by atoms with Gasteiger partial charge in [-0.2, -0.15) is 0 Å². The van der Waals surface area contributed by atoms with Crippen molar-refractivity contribution in [1.29, 1.82) is 0 Å². The molecule has 31 heavy (non-hydrogen) atoms. The zero-order chi connectivity index (χ0) is 21.6. The summed E-state index contributed by atoms with van der Waals surface area (Å²) in [6.45, 7) is 2.15. The molecule has 0 saturated heterocycles. The fraction of sp³-hybridized carbons (Fsp3) is 0.250. The molecular weight excluding hydrogens is 384 g/mol. The second kappa shape index (κ2) is 7.42. The van der Waals surface area contributed by atoms with Gasteiger partial charge in [0.2, 0.25) is 0 Å². The van der Waals surface area contributed by atoms with Crippen LogP contribution < -0.4 is 0 Å². The van der Waals surface area contributed by atoms with Gasteiger partial charge in [-0.25, -0.2) is 0 Å². The summed E-state index contributed by atoms with van der Waals surface area (Å²) in [5.74, 6) is 1.47. The summed E-state index contributed by atoms with van der Waals surface area (Å²) in [5.41, 5.74) is 2.61. The Morgan fingerprint density at radius 3 is 2.29 bits per heavy atom. The Balaban J connectivity index is 0.000000157. The molecule has 1 saturated carbocycles. The molecule has 0 heterocycles. The molecule has 3 heteroatoms. The number of carbonyl (C=O) groups is 1. The van der Waals surface area contributed by atoms with Crippen molar-refractivity contribution in [2.75, 3.05) is 0 Å². The summed E-state index contributed by atoms with van der Waals surface area (Å²) < 4.78 is 0. The Kier molecular flexibility index (Phi) is 4.70. The van der Waals surface area contributed by atoms with E-state index in [-0.39, 0.29) is 5.41 Å². The summed E-state index contributed by atoms with van der Waals surface area (Å²) >= 11 is 0. The lowest BCUT2D eigenvalue weighted by molar-refractivity contribution is -0.126. The van der Waals surface area contributed by atoms with Gasteiger partial charge in [0.25, 0.3) is 0 Å². The summed E-state index contributed by atoms with van der Waals surface area (Å²) in [5, 5.41) is 23.3. The number of rotatable bonds is 0. The van der Waals surface area contributed by atoms with Crippen LogP contribution in [0.5, 0.6) is 11.5 Å². The highest BCUT2D eigenvalue weighted by atomic mass is 16.3. The first-order valence-corrected chi connectivity index (χ1v) is 10.9. The highest BCUT2D eigenvalue weighted by molar-refractivity contribution is 5.92. The molecule has 2 aliphatic carbocycles. The van der Waals surface area contributed by atoms with Crippen LogP contribution in [0.3, 0.4) is 0 Å². The van der Waals surface area contributed by atoms with Crippen LogP contribution in [-0.2, 0) is 11.2 Å². The van der Waals surface area contributed by atoms with Crippen LogP contribution in [0.25, 0.3) is 21.5 Å². The number of Topliss-reactive ketones (excluding diaryl/α,β-unsaturated/α-hetero) is 1. The maximum absolute atomic E-state index is 12.2. The maximum atomic E-state index is 12.2. The van der Waals surface area contributed by atoms with Gasteiger partial charge in [0, 0.05) is 11.8 Å². The number of benzene rings is 4. The smallest absolute Gasteiger partial charge is 0.139 e. The van der Waals surface area contributed by atoms with Crippen molar-refractivity contribution in [1.82, 2.24) is 0 Å². The lowest BCUT2D eigenvalue weighted by Gasteiger charge is -2.37. The molecule has 0 spiro atoms. The number of aryl methyl sites for hydroxylation is 1. The minimum atomic E-state index is -0.141. The van der Waals surface area contributed by atoms with Crippen molar-refractivity contribution in [2.24, 2.45) is 5.41 Å². The summed E-state index contributed by atoms with van der Waals surface area (Å²) in [6, 6.07) is 23.2. The van der Waals surface area contributed by atoms with Gasteiger partial charge in [0.05, 0.1) is 0 Å². The molecule has 0 radical (unpaired) electrons. The summed E-state index contributed by atoms with van der Waals surface area (Å²) in [7, 11) is 0. The Morgan fingerprint density at radius 2 is 1.48 bits per heavy atom. The molecule has 2 N–H and O–H groups in total. The molecule has 4 aromatic carbocycles. The predicted molar refractivity (Wildman–Crippen MR) is 125 cm³/mol. The van der Waals surface area contributed by atoms with Crippen LogP contribution in [0, 0.1) is 5.41 Å². The molecule has 0 aromatic heterocycles. The third kappa shape index (κ3) is 3.34. The maximum Gasteiger partial charge on any atom is 0.139 e. The quantitative estimate of drug-likeness (QED) is 0.348.